The highest BCUT2D eigenvalue weighted by Gasteiger charge is 2.28. The number of nitrogens with one attached hydrogen (secondary N) is 1. The molecule has 0 bridgehead atoms. The van der Waals surface area contributed by atoms with Gasteiger partial charge in [-0.2, -0.15) is 4.31 Å². The number of rotatable bonds is 8. The number of allylic oxidation sites excluding steroid dienone is 1. The van der Waals surface area contributed by atoms with Crippen LogP contribution in [-0.2, 0) is 16.6 Å². The Morgan fingerprint density at radius 3 is 2.47 bits per heavy atom. The predicted octanol–water partition coefficient (Wildman–Crippen LogP) is 3.84. The molecule has 1 saturated heterocycles. The smallest absolute Gasteiger partial charge is 0.251 e. The second-order valence-corrected chi connectivity index (χ2v) is 9.46. The maximum Gasteiger partial charge on any atom is 0.251 e. The highest BCUT2D eigenvalue weighted by Crippen LogP contribution is 2.33. The Hall–Kier alpha value is -2.84. The second kappa shape index (κ2) is 10.7. The average molecular weight is 459 g/mol. The zero-order chi connectivity index (χ0) is 23.1. The van der Waals surface area contributed by atoms with Crippen molar-refractivity contribution in [2.75, 3.05) is 27.3 Å². The first-order valence-electron chi connectivity index (χ1n) is 10.7. The number of ether oxygens (including phenoxy) is 2. The van der Waals surface area contributed by atoms with E-state index >= 15 is 0 Å². The lowest BCUT2D eigenvalue weighted by atomic mass is 10.1. The van der Waals surface area contributed by atoms with Gasteiger partial charge < -0.3 is 14.8 Å². The molecule has 32 heavy (non-hydrogen) atoms. The first-order valence-corrected chi connectivity index (χ1v) is 12.1. The Balaban J connectivity index is 1.84. The van der Waals surface area contributed by atoms with Crippen LogP contribution in [0, 0.1) is 0 Å². The molecular weight excluding hydrogens is 428 g/mol. The molecule has 7 nitrogen and oxygen atoms in total. The number of carbonyl (C=O) groups is 1. The van der Waals surface area contributed by atoms with Crippen LogP contribution in [0.3, 0.4) is 0 Å². The Labute approximate surface area is 190 Å². The van der Waals surface area contributed by atoms with E-state index in [9.17, 15) is 13.2 Å². The normalized spacial score (nSPS) is 15.0. The number of benzene rings is 2. The monoisotopic (exact) mass is 458 g/mol. The lowest BCUT2D eigenvalue weighted by molar-refractivity contribution is 0.0950. The van der Waals surface area contributed by atoms with Crippen molar-refractivity contribution in [3.05, 3.63) is 59.2 Å². The third-order valence-corrected chi connectivity index (χ3v) is 7.46. The van der Waals surface area contributed by atoms with E-state index in [1.807, 2.05) is 19.1 Å². The summed E-state index contributed by atoms with van der Waals surface area (Å²) >= 11 is 0. The molecule has 0 radical (unpaired) electrons. The van der Waals surface area contributed by atoms with Crippen molar-refractivity contribution >= 4 is 22.0 Å². The van der Waals surface area contributed by atoms with Gasteiger partial charge in [-0.15, -0.1) is 0 Å². The molecule has 2 aromatic rings. The fraction of sp³-hybridized carbons (Fsp3) is 0.375. The molecule has 1 amide bonds. The minimum absolute atomic E-state index is 0.0926. The van der Waals surface area contributed by atoms with Crippen molar-refractivity contribution in [2.45, 2.75) is 37.6 Å². The molecule has 0 spiro atoms. The number of sulfonamides is 1. The standard InChI is InChI=1S/C24H30N2O5S/c1-4-10-18-15-20(16-21(30-2)23(18)31-3)24(27)25-17-19-11-6-7-12-22(19)32(28,29)26-13-8-5-9-14-26/h4,6-7,10-12,15-16H,5,8-9,13-14,17H2,1-3H3,(H,25,27)/b10-4+. The molecule has 1 N–H and O–H groups in total. The fourth-order valence-electron chi connectivity index (χ4n) is 3.85. The summed E-state index contributed by atoms with van der Waals surface area (Å²) in [7, 11) is -0.542. The van der Waals surface area contributed by atoms with Gasteiger partial charge in [-0.25, -0.2) is 8.42 Å². The molecule has 0 aliphatic carbocycles. The van der Waals surface area contributed by atoms with Gasteiger partial charge >= 0.3 is 0 Å². The average Bonchev–Trinajstić information content (AvgIpc) is 2.82. The maximum absolute atomic E-state index is 13.2. The van der Waals surface area contributed by atoms with Gasteiger partial charge in [-0.05, 0) is 43.5 Å². The number of nitrogens with zero attached hydrogens (tertiary/aromatic N) is 1. The zero-order valence-corrected chi connectivity index (χ0v) is 19.6. The van der Waals surface area contributed by atoms with Gasteiger partial charge in [-0.3, -0.25) is 4.79 Å². The summed E-state index contributed by atoms with van der Waals surface area (Å²) in [6.07, 6.45) is 6.46. The number of methoxy groups -OCH3 is 2. The van der Waals surface area contributed by atoms with Crippen molar-refractivity contribution in [3.63, 3.8) is 0 Å². The molecule has 1 aliphatic heterocycles. The molecule has 0 saturated carbocycles. The zero-order valence-electron chi connectivity index (χ0n) is 18.8. The van der Waals surface area contributed by atoms with Crippen LogP contribution < -0.4 is 14.8 Å². The van der Waals surface area contributed by atoms with E-state index in [-0.39, 0.29) is 17.3 Å². The van der Waals surface area contributed by atoms with Gasteiger partial charge in [0.05, 0.1) is 19.1 Å². The van der Waals surface area contributed by atoms with Crippen LogP contribution >= 0.6 is 0 Å². The Morgan fingerprint density at radius 2 is 1.81 bits per heavy atom. The van der Waals surface area contributed by atoms with Gasteiger partial charge in [0.15, 0.2) is 11.5 Å². The lowest BCUT2D eigenvalue weighted by Crippen LogP contribution is -2.36. The minimum atomic E-state index is -3.60. The summed E-state index contributed by atoms with van der Waals surface area (Å²) in [5, 5.41) is 2.85. The molecule has 0 atom stereocenters. The Kier molecular flexibility index (Phi) is 7.93. The molecule has 0 unspecified atom stereocenters. The first-order chi connectivity index (χ1) is 15.4. The van der Waals surface area contributed by atoms with Crippen molar-refractivity contribution in [3.8, 4) is 11.5 Å². The Morgan fingerprint density at radius 1 is 1.09 bits per heavy atom. The van der Waals surface area contributed by atoms with Gasteiger partial charge in [0, 0.05) is 30.8 Å². The van der Waals surface area contributed by atoms with E-state index < -0.39 is 10.0 Å². The van der Waals surface area contributed by atoms with E-state index in [0.717, 1.165) is 19.3 Å². The highest BCUT2D eigenvalue weighted by atomic mass is 32.2. The molecule has 2 aromatic carbocycles. The van der Waals surface area contributed by atoms with E-state index in [0.29, 0.717) is 41.3 Å². The molecule has 172 valence electrons. The molecule has 1 heterocycles. The summed E-state index contributed by atoms with van der Waals surface area (Å²) in [6.45, 7) is 3.03. The molecule has 8 heteroatoms. The summed E-state index contributed by atoms with van der Waals surface area (Å²) < 4.78 is 38.7. The van der Waals surface area contributed by atoms with Crippen LogP contribution in [0.5, 0.6) is 11.5 Å². The summed E-state index contributed by atoms with van der Waals surface area (Å²) in [4.78, 5) is 13.2. The highest BCUT2D eigenvalue weighted by molar-refractivity contribution is 7.89. The van der Waals surface area contributed by atoms with E-state index in [4.69, 9.17) is 9.47 Å². The Bertz CT molecular complexity index is 1090. The van der Waals surface area contributed by atoms with E-state index in [1.165, 1.54) is 11.4 Å². The predicted molar refractivity (Wildman–Crippen MR) is 124 cm³/mol. The quantitative estimate of drug-likeness (QED) is 0.650. The van der Waals surface area contributed by atoms with Crippen LogP contribution in [0.25, 0.3) is 6.08 Å². The van der Waals surface area contributed by atoms with E-state index in [1.54, 1.807) is 43.5 Å². The van der Waals surface area contributed by atoms with Crippen LogP contribution in [0.1, 0.15) is 47.7 Å². The van der Waals surface area contributed by atoms with Gasteiger partial charge in [0.1, 0.15) is 0 Å². The third kappa shape index (κ3) is 5.14. The third-order valence-electron chi connectivity index (χ3n) is 5.46. The number of carbonyl (C=O) groups excluding carboxylic acids is 1. The number of amides is 1. The molecule has 3 rings (SSSR count). The second-order valence-electron chi connectivity index (χ2n) is 7.56. The summed E-state index contributed by atoms with van der Waals surface area (Å²) in [6, 6.07) is 10.1. The van der Waals surface area contributed by atoms with Gasteiger partial charge in [-0.1, -0.05) is 36.8 Å². The van der Waals surface area contributed by atoms with E-state index in [2.05, 4.69) is 5.32 Å². The molecular formula is C24H30N2O5S. The van der Waals surface area contributed by atoms with Crippen molar-refractivity contribution in [1.29, 1.82) is 0 Å². The molecule has 0 aromatic heterocycles. The van der Waals surface area contributed by atoms with Gasteiger partial charge in [0.25, 0.3) is 5.91 Å². The van der Waals surface area contributed by atoms with Crippen LogP contribution in [-0.4, -0.2) is 45.9 Å². The number of piperidine rings is 1. The first kappa shape index (κ1) is 23.8. The molecule has 1 fully saturated rings. The van der Waals surface area contributed by atoms with Crippen LogP contribution in [0.15, 0.2) is 47.4 Å². The van der Waals surface area contributed by atoms with Crippen molar-refractivity contribution in [2.24, 2.45) is 0 Å². The molecule has 1 aliphatic rings. The van der Waals surface area contributed by atoms with Crippen molar-refractivity contribution in [1.82, 2.24) is 9.62 Å². The number of hydrogen-bond donors (Lipinski definition) is 1. The van der Waals surface area contributed by atoms with Crippen molar-refractivity contribution < 1.29 is 22.7 Å². The summed E-state index contributed by atoms with van der Waals surface area (Å²) in [5.74, 6) is 0.656. The summed E-state index contributed by atoms with van der Waals surface area (Å²) in [5.41, 5.74) is 1.67. The van der Waals surface area contributed by atoms with Crippen LogP contribution in [0.2, 0.25) is 0 Å². The lowest BCUT2D eigenvalue weighted by Gasteiger charge is -2.26. The SMILES string of the molecule is C/C=C/c1cc(C(=O)NCc2ccccc2S(=O)(=O)N2CCCCC2)cc(OC)c1OC. The minimum Gasteiger partial charge on any atom is -0.493 e. The van der Waals surface area contributed by atoms with Gasteiger partial charge in [0.2, 0.25) is 10.0 Å². The topological polar surface area (TPSA) is 84.9 Å². The maximum atomic E-state index is 13.2. The fourth-order valence-corrected chi connectivity index (χ4v) is 5.59. The van der Waals surface area contributed by atoms with Crippen LogP contribution in [0.4, 0.5) is 0 Å². The number of hydrogen-bond acceptors (Lipinski definition) is 5. The largest absolute Gasteiger partial charge is 0.493 e.